The van der Waals surface area contributed by atoms with Crippen LogP contribution < -0.4 is 10.9 Å². The number of aliphatic hydroxyl groups is 1. The predicted octanol–water partition coefficient (Wildman–Crippen LogP) is 2.66. The zero-order chi connectivity index (χ0) is 15.3. The van der Waals surface area contributed by atoms with Crippen LogP contribution in [-0.4, -0.2) is 28.0 Å². The average molecular weight is 314 g/mol. The topological polar surface area (TPSA) is 67.2 Å². The molecule has 1 saturated carbocycles. The Balaban J connectivity index is 2.07. The van der Waals surface area contributed by atoms with Crippen LogP contribution in [0.15, 0.2) is 11.0 Å². The zero-order valence-electron chi connectivity index (χ0n) is 12.6. The van der Waals surface area contributed by atoms with E-state index in [1.807, 2.05) is 0 Å². The summed E-state index contributed by atoms with van der Waals surface area (Å²) >= 11 is 6.15. The second-order valence-electron chi connectivity index (χ2n) is 5.97. The molecular formula is C15H24ClN3O2. The normalized spacial score (nSPS) is 17.1. The lowest BCUT2D eigenvalue weighted by molar-refractivity contribution is 0.142. The van der Waals surface area contributed by atoms with E-state index in [9.17, 15) is 9.90 Å². The Hall–Kier alpha value is -1.07. The van der Waals surface area contributed by atoms with E-state index < -0.39 is 0 Å². The first-order valence-electron chi connectivity index (χ1n) is 7.72. The monoisotopic (exact) mass is 313 g/mol. The van der Waals surface area contributed by atoms with E-state index in [-0.39, 0.29) is 22.6 Å². The van der Waals surface area contributed by atoms with E-state index in [4.69, 9.17) is 11.6 Å². The summed E-state index contributed by atoms with van der Waals surface area (Å²) in [6.45, 7) is 3.45. The highest BCUT2D eigenvalue weighted by molar-refractivity contribution is 6.32. The van der Waals surface area contributed by atoms with Gasteiger partial charge < -0.3 is 10.4 Å². The van der Waals surface area contributed by atoms with Crippen molar-refractivity contribution in [1.29, 1.82) is 0 Å². The first-order chi connectivity index (χ1) is 10.1. The third-order valence-electron chi connectivity index (χ3n) is 4.36. The van der Waals surface area contributed by atoms with E-state index >= 15 is 0 Å². The highest BCUT2D eigenvalue weighted by Crippen LogP contribution is 2.37. The fourth-order valence-corrected chi connectivity index (χ4v) is 3.07. The van der Waals surface area contributed by atoms with Gasteiger partial charge in [0.25, 0.3) is 5.56 Å². The van der Waals surface area contributed by atoms with E-state index in [1.165, 1.54) is 4.68 Å². The molecule has 0 bridgehead atoms. The molecule has 1 aliphatic carbocycles. The molecule has 21 heavy (non-hydrogen) atoms. The summed E-state index contributed by atoms with van der Waals surface area (Å²) in [4.78, 5) is 12.1. The lowest BCUT2D eigenvalue weighted by Gasteiger charge is -2.27. The van der Waals surface area contributed by atoms with Gasteiger partial charge in [0.2, 0.25) is 0 Å². The van der Waals surface area contributed by atoms with Crippen molar-refractivity contribution in [2.24, 2.45) is 5.41 Å². The van der Waals surface area contributed by atoms with Gasteiger partial charge in [-0.15, -0.1) is 0 Å². The zero-order valence-corrected chi connectivity index (χ0v) is 13.3. The van der Waals surface area contributed by atoms with Crippen molar-refractivity contribution < 1.29 is 5.11 Å². The van der Waals surface area contributed by atoms with Crippen molar-refractivity contribution in [1.82, 2.24) is 9.78 Å². The lowest BCUT2D eigenvalue weighted by atomic mass is 9.87. The molecule has 0 spiro atoms. The molecule has 0 aliphatic heterocycles. The SMILES string of the molecule is CCCCn1ncc(NCC2(CO)CCCC2)c(Cl)c1=O. The molecule has 1 aromatic rings. The Morgan fingerprint density at radius 3 is 2.81 bits per heavy atom. The van der Waals surface area contributed by atoms with Gasteiger partial charge in [0.1, 0.15) is 5.02 Å². The molecule has 5 nitrogen and oxygen atoms in total. The Morgan fingerprint density at radius 2 is 2.19 bits per heavy atom. The second kappa shape index (κ2) is 7.27. The van der Waals surface area contributed by atoms with E-state index in [0.29, 0.717) is 18.8 Å². The number of nitrogens with zero attached hydrogens (tertiary/aromatic N) is 2. The first-order valence-corrected chi connectivity index (χ1v) is 8.10. The number of aromatic nitrogens is 2. The number of halogens is 1. The highest BCUT2D eigenvalue weighted by atomic mass is 35.5. The fraction of sp³-hybridized carbons (Fsp3) is 0.733. The van der Waals surface area contributed by atoms with E-state index in [2.05, 4.69) is 17.3 Å². The maximum atomic E-state index is 12.1. The average Bonchev–Trinajstić information content (AvgIpc) is 2.97. The summed E-state index contributed by atoms with van der Waals surface area (Å²) in [5, 5.41) is 17.2. The number of unbranched alkanes of at least 4 members (excludes halogenated alkanes) is 1. The molecule has 0 atom stereocenters. The van der Waals surface area contributed by atoms with Crippen LogP contribution in [0.2, 0.25) is 5.02 Å². The Morgan fingerprint density at radius 1 is 1.48 bits per heavy atom. The lowest BCUT2D eigenvalue weighted by Crippen LogP contribution is -2.31. The van der Waals surface area contributed by atoms with Gasteiger partial charge in [0.05, 0.1) is 18.5 Å². The smallest absolute Gasteiger partial charge is 0.287 e. The minimum atomic E-state index is -0.250. The highest BCUT2D eigenvalue weighted by Gasteiger charge is 2.33. The summed E-state index contributed by atoms with van der Waals surface area (Å²) in [6.07, 6.45) is 7.83. The standard InChI is InChI=1S/C15H24ClN3O2/c1-2-3-8-19-14(21)13(16)12(9-18-19)17-10-15(11-20)6-4-5-7-15/h9,17,20H,2-8,10-11H2,1H3. The molecule has 1 aliphatic rings. The van der Waals surface area contributed by atoms with Crippen LogP contribution in [0.3, 0.4) is 0 Å². The number of aliphatic hydroxyl groups excluding tert-OH is 1. The third-order valence-corrected chi connectivity index (χ3v) is 4.73. The molecule has 0 aromatic carbocycles. The summed E-state index contributed by atoms with van der Waals surface area (Å²) in [7, 11) is 0. The molecular weight excluding hydrogens is 290 g/mol. The van der Waals surface area contributed by atoms with Crippen molar-refractivity contribution in [3.05, 3.63) is 21.6 Å². The molecule has 0 radical (unpaired) electrons. The van der Waals surface area contributed by atoms with Gasteiger partial charge in [0.15, 0.2) is 0 Å². The van der Waals surface area contributed by atoms with Gasteiger partial charge in [-0.25, -0.2) is 4.68 Å². The van der Waals surface area contributed by atoms with Crippen LogP contribution in [0.4, 0.5) is 5.69 Å². The van der Waals surface area contributed by atoms with Gasteiger partial charge in [-0.1, -0.05) is 37.8 Å². The molecule has 1 aromatic heterocycles. The molecule has 2 N–H and O–H groups in total. The van der Waals surface area contributed by atoms with Crippen molar-refractivity contribution in [2.75, 3.05) is 18.5 Å². The Bertz CT molecular complexity index is 524. The second-order valence-corrected chi connectivity index (χ2v) is 6.35. The number of nitrogens with one attached hydrogen (secondary N) is 1. The molecule has 6 heteroatoms. The summed E-state index contributed by atoms with van der Waals surface area (Å²) in [5.41, 5.74) is 0.231. The van der Waals surface area contributed by atoms with Crippen LogP contribution >= 0.6 is 11.6 Å². The molecule has 2 rings (SSSR count). The summed E-state index contributed by atoms with van der Waals surface area (Å²) in [5.74, 6) is 0. The third kappa shape index (κ3) is 3.77. The molecule has 0 amide bonds. The number of rotatable bonds is 7. The largest absolute Gasteiger partial charge is 0.396 e. The van der Waals surface area contributed by atoms with Crippen LogP contribution in [0.5, 0.6) is 0 Å². The Labute approximate surface area is 130 Å². The van der Waals surface area contributed by atoms with Gasteiger partial charge >= 0.3 is 0 Å². The van der Waals surface area contributed by atoms with Crippen LogP contribution in [0.25, 0.3) is 0 Å². The number of hydrogen-bond donors (Lipinski definition) is 2. The molecule has 0 saturated heterocycles. The summed E-state index contributed by atoms with van der Waals surface area (Å²) < 4.78 is 1.41. The Kier molecular flexibility index (Phi) is 5.65. The predicted molar refractivity (Wildman–Crippen MR) is 84.9 cm³/mol. The number of aryl methyl sites for hydroxylation is 1. The quantitative estimate of drug-likeness (QED) is 0.812. The van der Waals surface area contributed by atoms with Gasteiger partial charge in [-0.2, -0.15) is 5.10 Å². The first kappa shape index (κ1) is 16.3. The van der Waals surface area contributed by atoms with Crippen molar-refractivity contribution in [2.45, 2.75) is 52.0 Å². The molecule has 118 valence electrons. The van der Waals surface area contributed by atoms with E-state index in [1.54, 1.807) is 6.20 Å². The minimum absolute atomic E-state index is 0.0829. The maximum absolute atomic E-state index is 12.1. The fourth-order valence-electron chi connectivity index (χ4n) is 2.85. The van der Waals surface area contributed by atoms with Gasteiger partial charge in [0, 0.05) is 18.5 Å². The van der Waals surface area contributed by atoms with Crippen molar-refractivity contribution in [3.8, 4) is 0 Å². The number of anilines is 1. The molecule has 0 unspecified atom stereocenters. The molecule has 1 fully saturated rings. The van der Waals surface area contributed by atoms with Crippen molar-refractivity contribution in [3.63, 3.8) is 0 Å². The van der Waals surface area contributed by atoms with Crippen LogP contribution in [-0.2, 0) is 6.54 Å². The van der Waals surface area contributed by atoms with Crippen LogP contribution in [0, 0.1) is 5.41 Å². The van der Waals surface area contributed by atoms with Gasteiger partial charge in [-0.05, 0) is 19.3 Å². The number of hydrogen-bond acceptors (Lipinski definition) is 4. The molecule has 1 heterocycles. The van der Waals surface area contributed by atoms with Crippen LogP contribution in [0.1, 0.15) is 45.4 Å². The summed E-state index contributed by atoms with van der Waals surface area (Å²) in [6, 6.07) is 0. The van der Waals surface area contributed by atoms with Crippen molar-refractivity contribution >= 4 is 17.3 Å². The van der Waals surface area contributed by atoms with Gasteiger partial charge in [-0.3, -0.25) is 4.79 Å². The maximum Gasteiger partial charge on any atom is 0.287 e. The minimum Gasteiger partial charge on any atom is -0.396 e. The van der Waals surface area contributed by atoms with E-state index in [0.717, 1.165) is 38.5 Å².